The number of hydrogen-bond acceptors (Lipinski definition) is 3. The zero-order valence-electron chi connectivity index (χ0n) is 7.78. The molecule has 0 spiro atoms. The fourth-order valence-electron chi connectivity index (χ4n) is 0.528. The second-order valence-corrected chi connectivity index (χ2v) is 2.77. The number of carboxylic acid groups (broad SMARTS) is 1. The summed E-state index contributed by atoms with van der Waals surface area (Å²) in [5.41, 5.74) is 0. The molecule has 0 fully saturated rings. The summed E-state index contributed by atoms with van der Waals surface area (Å²) >= 11 is 0. The van der Waals surface area contributed by atoms with Crippen molar-refractivity contribution in [3.8, 4) is 0 Å². The van der Waals surface area contributed by atoms with Crippen LogP contribution in [0.5, 0.6) is 0 Å². The smallest absolute Gasteiger partial charge is 0.317 e. The van der Waals surface area contributed by atoms with Crippen LogP contribution < -0.4 is 0 Å². The van der Waals surface area contributed by atoms with Crippen LogP contribution in [0.25, 0.3) is 0 Å². The van der Waals surface area contributed by atoms with Crippen molar-refractivity contribution in [1.82, 2.24) is 0 Å². The Kier molecular flexibility index (Phi) is 9.58. The van der Waals surface area contributed by atoms with Gasteiger partial charge in [0.15, 0.2) is 0 Å². The van der Waals surface area contributed by atoms with E-state index in [1.54, 1.807) is 0 Å². The molecule has 0 aliphatic carbocycles. The monoisotopic (exact) mass is 358 g/mol. The quantitative estimate of drug-likeness (QED) is 0.590. The Balaban J connectivity index is 0. The molecule has 0 saturated heterocycles. The van der Waals surface area contributed by atoms with Crippen LogP contribution in [-0.2, 0) is 35.4 Å². The molecule has 1 unspecified atom stereocenters. The third-order valence-electron chi connectivity index (χ3n) is 1.52. The average molecular weight is 358 g/mol. The van der Waals surface area contributed by atoms with Gasteiger partial charge in [-0.15, -0.1) is 0 Å². The van der Waals surface area contributed by atoms with Gasteiger partial charge in [-0.05, 0) is 5.92 Å². The molecule has 0 saturated carbocycles. The Morgan fingerprint density at radius 3 is 2.38 bits per heavy atom. The molecule has 1 atom stereocenters. The van der Waals surface area contributed by atoms with Crippen molar-refractivity contribution in [2.75, 3.05) is 6.61 Å². The molecule has 0 aliphatic rings. The summed E-state index contributed by atoms with van der Waals surface area (Å²) in [7, 11) is 0. The summed E-state index contributed by atoms with van der Waals surface area (Å²) in [5.74, 6) is -1.52. The summed E-state index contributed by atoms with van der Waals surface area (Å²) in [6.07, 6.45) is 0.372. The van der Waals surface area contributed by atoms with Crippen LogP contribution in [0.15, 0.2) is 0 Å². The van der Waals surface area contributed by atoms with E-state index >= 15 is 0 Å². The molecule has 0 aromatic heterocycles. The third-order valence-corrected chi connectivity index (χ3v) is 1.52. The van der Waals surface area contributed by atoms with Crippen molar-refractivity contribution < 1.29 is 40.5 Å². The molecule has 0 amide bonds. The molecule has 4 nitrogen and oxygen atoms in total. The number of rotatable bonds is 5. The number of aliphatic carboxylic acids is 1. The van der Waals surface area contributed by atoms with E-state index in [0.29, 0.717) is 12.5 Å². The van der Waals surface area contributed by atoms with Crippen LogP contribution in [-0.4, -0.2) is 23.7 Å². The second kappa shape index (κ2) is 8.24. The van der Waals surface area contributed by atoms with Crippen molar-refractivity contribution in [2.45, 2.75) is 26.7 Å². The molecule has 76 valence electrons. The Morgan fingerprint density at radius 1 is 1.46 bits per heavy atom. The van der Waals surface area contributed by atoms with Crippen molar-refractivity contribution >= 4 is 11.9 Å². The van der Waals surface area contributed by atoms with E-state index in [9.17, 15) is 9.59 Å². The van der Waals surface area contributed by atoms with Gasteiger partial charge in [0.2, 0.25) is 0 Å². The maximum absolute atomic E-state index is 10.7. The molecule has 13 heavy (non-hydrogen) atoms. The van der Waals surface area contributed by atoms with Gasteiger partial charge in [0.05, 0.1) is 6.61 Å². The first-order valence-electron chi connectivity index (χ1n) is 3.93. The van der Waals surface area contributed by atoms with Gasteiger partial charge >= 0.3 is 11.9 Å². The van der Waals surface area contributed by atoms with Gasteiger partial charge in [-0.3, -0.25) is 9.59 Å². The Labute approximate surface area is 91.9 Å². The number of carbonyl (C=O) groups excluding carboxylic acids is 1. The maximum Gasteiger partial charge on any atom is 0.317 e. The minimum atomic E-state index is -1.15. The number of esters is 1. The minimum Gasteiger partial charge on any atom is -0.481 e. The predicted molar refractivity (Wildman–Crippen MR) is 42.7 cm³/mol. The largest absolute Gasteiger partial charge is 0.481 e. The Hall–Kier alpha value is -0.372. The molecule has 0 rings (SSSR count). The average Bonchev–Trinajstić information content (AvgIpc) is 1.99. The fourth-order valence-corrected chi connectivity index (χ4v) is 0.528. The first kappa shape index (κ1) is 15.1. The van der Waals surface area contributed by atoms with Crippen LogP contribution in [0.4, 0.5) is 0 Å². The van der Waals surface area contributed by atoms with Crippen molar-refractivity contribution in [1.29, 1.82) is 0 Å². The number of carboxylic acids is 1. The number of ether oxygens (including phenoxy) is 1. The zero-order chi connectivity index (χ0) is 9.56. The van der Waals surface area contributed by atoms with Crippen LogP contribution in [0, 0.1) is 5.92 Å². The van der Waals surface area contributed by atoms with Gasteiger partial charge < -0.3 is 9.84 Å². The molecule has 0 bridgehead atoms. The van der Waals surface area contributed by atoms with Crippen LogP contribution in [0.1, 0.15) is 26.7 Å². The summed E-state index contributed by atoms with van der Waals surface area (Å²) in [4.78, 5) is 20.7. The van der Waals surface area contributed by atoms with E-state index in [2.05, 4.69) is 4.74 Å². The van der Waals surface area contributed by atoms with E-state index in [4.69, 9.17) is 5.11 Å². The maximum atomic E-state index is 10.7. The van der Waals surface area contributed by atoms with Gasteiger partial charge in [-0.25, -0.2) is 0 Å². The number of carbonyl (C=O) groups is 2. The van der Waals surface area contributed by atoms with Gasteiger partial charge in [-0.2, -0.15) is 0 Å². The van der Waals surface area contributed by atoms with Gasteiger partial charge in [-0.1, -0.05) is 20.3 Å². The summed E-state index contributed by atoms with van der Waals surface area (Å²) in [6.45, 7) is 4.23. The Morgan fingerprint density at radius 2 is 2.00 bits per heavy atom. The normalized spacial score (nSPS) is 11.2. The molecular formula is C8H14O4W. The standard InChI is InChI=1S/C8H14O4.W/c1-3-6(2)5-12-8(11)4-7(9)10;/h6H,3-5H2,1-2H3,(H,9,10);. The molecule has 0 aromatic rings. The number of hydrogen-bond donors (Lipinski definition) is 1. The van der Waals surface area contributed by atoms with Crippen LogP contribution in [0.3, 0.4) is 0 Å². The van der Waals surface area contributed by atoms with Crippen LogP contribution >= 0.6 is 0 Å². The van der Waals surface area contributed by atoms with E-state index in [0.717, 1.165) is 6.42 Å². The Bertz CT molecular complexity index is 170. The molecular weight excluding hydrogens is 344 g/mol. The first-order valence-corrected chi connectivity index (χ1v) is 3.93. The zero-order valence-corrected chi connectivity index (χ0v) is 10.7. The van der Waals surface area contributed by atoms with Gasteiger partial charge in [0.25, 0.3) is 0 Å². The molecule has 0 aromatic carbocycles. The van der Waals surface area contributed by atoms with Crippen molar-refractivity contribution in [3.63, 3.8) is 0 Å². The topological polar surface area (TPSA) is 63.6 Å². The minimum absolute atomic E-state index is 0. The molecule has 0 radical (unpaired) electrons. The molecule has 0 heterocycles. The SMILES string of the molecule is CCC(C)COC(=O)CC(=O)O.[W]. The molecule has 0 aliphatic heterocycles. The van der Waals surface area contributed by atoms with Gasteiger partial charge in [0, 0.05) is 21.1 Å². The molecule has 1 N–H and O–H groups in total. The summed E-state index contributed by atoms with van der Waals surface area (Å²) in [5, 5.41) is 8.21. The predicted octanol–water partition coefficient (Wildman–Crippen LogP) is 1.05. The van der Waals surface area contributed by atoms with E-state index in [1.807, 2.05) is 13.8 Å². The van der Waals surface area contributed by atoms with E-state index < -0.39 is 18.4 Å². The van der Waals surface area contributed by atoms with Crippen LogP contribution in [0.2, 0.25) is 0 Å². The summed E-state index contributed by atoms with van der Waals surface area (Å²) in [6, 6.07) is 0. The first-order chi connectivity index (χ1) is 5.56. The van der Waals surface area contributed by atoms with Crippen molar-refractivity contribution in [2.24, 2.45) is 5.92 Å². The van der Waals surface area contributed by atoms with E-state index in [-0.39, 0.29) is 21.1 Å². The van der Waals surface area contributed by atoms with E-state index in [1.165, 1.54) is 0 Å². The summed E-state index contributed by atoms with van der Waals surface area (Å²) < 4.78 is 4.69. The molecule has 5 heteroatoms. The van der Waals surface area contributed by atoms with Crippen molar-refractivity contribution in [3.05, 3.63) is 0 Å². The van der Waals surface area contributed by atoms with Gasteiger partial charge in [0.1, 0.15) is 6.42 Å². The third kappa shape index (κ3) is 9.54. The second-order valence-electron chi connectivity index (χ2n) is 2.77. The fraction of sp³-hybridized carbons (Fsp3) is 0.750.